The third-order valence-corrected chi connectivity index (χ3v) is 19.2. The van der Waals surface area contributed by atoms with Crippen LogP contribution in [0.15, 0.2) is 212 Å². The van der Waals surface area contributed by atoms with Gasteiger partial charge in [-0.2, -0.15) is 30.0 Å². The van der Waals surface area contributed by atoms with E-state index in [2.05, 4.69) is 60.3 Å². The molecule has 5 aromatic carbocycles. The van der Waals surface area contributed by atoms with Gasteiger partial charge in [-0.25, -0.2) is 62.7 Å². The highest BCUT2D eigenvalue weighted by Crippen LogP contribution is 2.44. The lowest BCUT2D eigenvalue weighted by molar-refractivity contribution is -0.130. The molecule has 2 saturated carbocycles. The van der Waals surface area contributed by atoms with Crippen molar-refractivity contribution in [1.29, 1.82) is 0 Å². The van der Waals surface area contributed by atoms with Crippen LogP contribution in [0.25, 0.3) is 61.3 Å². The fourth-order valence-corrected chi connectivity index (χ4v) is 13.1. The Kier molecular flexibility index (Phi) is 27.3. The van der Waals surface area contributed by atoms with E-state index in [4.69, 9.17) is 31.3 Å². The van der Waals surface area contributed by atoms with E-state index in [1.54, 1.807) is 75.8 Å². The summed E-state index contributed by atoms with van der Waals surface area (Å²) in [6.45, 7) is 7.07. The number of fused-ring (bicyclic) bond motifs is 1. The van der Waals surface area contributed by atoms with Crippen LogP contribution >= 0.6 is 34.2 Å². The number of aromatic carboxylic acids is 6. The minimum absolute atomic E-state index is 0.0591. The number of nitrogens with zero attached hydrogens (tertiary/aromatic N) is 13. The number of benzene rings is 5. The third kappa shape index (κ3) is 21.7. The van der Waals surface area contributed by atoms with Crippen molar-refractivity contribution in [3.63, 3.8) is 0 Å². The molecule has 11 N–H and O–H groups in total. The second-order valence-electron chi connectivity index (χ2n) is 24.6. The van der Waals surface area contributed by atoms with Gasteiger partial charge in [-0.1, -0.05) is 152 Å². The first-order valence-corrected chi connectivity index (χ1v) is 36.5. The molecule has 0 bridgehead atoms. The van der Waals surface area contributed by atoms with Gasteiger partial charge in [-0.15, -0.1) is 27.8 Å². The number of aryl methyl sites for hydroxylation is 4. The highest BCUT2D eigenvalue weighted by Gasteiger charge is 2.32. The van der Waals surface area contributed by atoms with E-state index in [0.717, 1.165) is 85.6 Å². The molecule has 2 fully saturated rings. The predicted molar refractivity (Wildman–Crippen MR) is 414 cm³/mol. The van der Waals surface area contributed by atoms with E-state index in [1.165, 1.54) is 54.6 Å². The second kappa shape index (κ2) is 37.9. The van der Waals surface area contributed by atoms with Crippen molar-refractivity contribution in [2.45, 2.75) is 83.9 Å². The van der Waals surface area contributed by atoms with Gasteiger partial charge in [0, 0.05) is 53.1 Å². The van der Waals surface area contributed by atoms with Gasteiger partial charge in [0.2, 0.25) is 0 Å². The molecule has 0 radical (unpaired) electrons. The van der Waals surface area contributed by atoms with Crippen molar-refractivity contribution in [2.24, 2.45) is 5.73 Å². The summed E-state index contributed by atoms with van der Waals surface area (Å²) in [5.74, 6) is -4.33. The van der Waals surface area contributed by atoms with Gasteiger partial charge in [0.25, 0.3) is 5.91 Å². The number of aliphatic hydroxyl groups is 1. The molecule has 9 heterocycles. The molecule has 2 aliphatic carbocycles. The maximum atomic E-state index is 11.6. The van der Waals surface area contributed by atoms with Crippen molar-refractivity contribution in [3.05, 3.63) is 278 Å². The molecule has 2 atom stereocenters. The van der Waals surface area contributed by atoms with Gasteiger partial charge >= 0.3 is 35.8 Å². The Morgan fingerprint density at radius 2 is 1.14 bits per heavy atom. The van der Waals surface area contributed by atoms with Crippen molar-refractivity contribution < 1.29 is 69.3 Å². The van der Waals surface area contributed by atoms with Crippen molar-refractivity contribution in [1.82, 2.24) is 74.4 Å². The first-order valence-electron chi connectivity index (χ1n) is 34.0. The van der Waals surface area contributed by atoms with Crippen LogP contribution < -0.4 is 11.1 Å². The van der Waals surface area contributed by atoms with Crippen LogP contribution in [-0.4, -0.2) is 165 Å². The minimum Gasteiger partial charge on any atom is -0.478 e. The molecule has 111 heavy (non-hydrogen) atoms. The Bertz CT molecular complexity index is 5440. The molecule has 9 aromatic heterocycles. The molecule has 1 unspecified atom stereocenters. The maximum Gasteiger partial charge on any atom is 0.358 e. The SMILES string of the molecule is Cc1cc(C(=O)O)n(-c2ccccn2)n1.Cc1cc(C(=O)O)n(-c2ncccc2C)n1.Cc1nsc(-c2ccccc2)c1C(=O)O.N[C@@H](Cc1ccccc1)C(O)C(=O)NC1CC1.O=C(O)c1n[nH]nc1-c1ccccc1.O=C(O)c1sc(C2CC2)nc1-c1ccccc1.O=C(O)c1scnc1-n1cc2ccccc2n1. The quantitative estimate of drug-likeness (QED) is 0.0381. The monoisotopic (exact) mass is 1550 g/mol. The smallest absolute Gasteiger partial charge is 0.358 e. The van der Waals surface area contributed by atoms with Crippen LogP contribution in [0, 0.1) is 27.7 Å². The molecule has 0 saturated heterocycles. The summed E-state index contributed by atoms with van der Waals surface area (Å²) in [6, 6.07) is 56.9. The van der Waals surface area contributed by atoms with Crippen LogP contribution in [0.3, 0.4) is 0 Å². The second-order valence-corrected chi connectivity index (χ2v) is 27.3. The number of H-pyrrole nitrogens is 1. The first kappa shape index (κ1) is 80.1. The zero-order chi connectivity index (χ0) is 79.3. The van der Waals surface area contributed by atoms with Crippen molar-refractivity contribution in [3.8, 4) is 50.4 Å². The molecule has 0 aliphatic heterocycles. The predicted octanol–water partition coefficient (Wildman–Crippen LogP) is 12.6. The van der Waals surface area contributed by atoms with Crippen LogP contribution in [-0.2, 0) is 11.2 Å². The lowest BCUT2D eigenvalue weighted by atomic mass is 10.0. The number of carboxylic acids is 6. The summed E-state index contributed by atoms with van der Waals surface area (Å²) < 4.78 is 8.25. The van der Waals surface area contributed by atoms with Gasteiger partial charge in [-0.3, -0.25) is 4.79 Å². The van der Waals surface area contributed by atoms with E-state index in [-0.39, 0.29) is 33.9 Å². The van der Waals surface area contributed by atoms with Gasteiger partial charge in [-0.05, 0) is 124 Å². The summed E-state index contributed by atoms with van der Waals surface area (Å²) in [7, 11) is 0. The standard InChI is InChI=1S/C13H18N2O2.C13H11NO2S.C11H7N3O2S.C11H11N3O2.C11H9NO2S.C10H9N3O2.C9H7N3O2/c14-11(8-9-4-2-1-3-5-9)12(16)13(17)15-10-6-7-10;15-13(16)11-10(8-4-2-1-3-5-8)14-12(17-11)9-6-7-9;15-11(16)9-10(12-6-17-9)14-5-7-3-1-2-4-8(7)13-14;1-7-4-3-5-12-10(7)14-9(11(15)16)6-8(2)13-14;1-7-9(11(13)14)10(15-12-7)8-5-3-2-4-6-8;1-7-6-8(10(14)15)13(12-7)9-4-2-3-5-11-9;13-9(14)8-7(10-12-11-8)6-4-2-1-3-5-6/h1-5,10-12,16H,6-8,14H2,(H,15,17);1-5,9H,6-7H2,(H,15,16);1-6H,(H,15,16);3-6H,1-2H3,(H,15,16);2-6H,1H3,(H,13,14);2-6H,1H3,(H,14,15);1-5H,(H,13,14)(H,10,11,12)/t11-,12?;;;;;;/m0....../s1. The summed E-state index contributed by atoms with van der Waals surface area (Å²) in [5, 5.41) is 90.7. The number of hydrogen-bond acceptors (Lipinski definition) is 22. The first-order chi connectivity index (χ1) is 53.4. The Morgan fingerprint density at radius 1 is 0.568 bits per heavy atom. The third-order valence-electron chi connectivity index (χ3n) is 16.2. The summed E-state index contributed by atoms with van der Waals surface area (Å²) in [4.78, 5) is 95.5. The molecule has 2 aliphatic rings. The number of nitrogens with two attached hydrogens (primary N) is 1. The molecular weight excluding hydrogens is 1480 g/mol. The molecule has 0 spiro atoms. The number of nitrogens with one attached hydrogen (secondary N) is 2. The number of pyridine rings is 2. The average Bonchev–Trinajstić information content (AvgIpc) is 1.66. The normalized spacial score (nSPS) is 12.3. The van der Waals surface area contributed by atoms with Crippen molar-refractivity contribution in [2.75, 3.05) is 0 Å². The highest BCUT2D eigenvalue weighted by molar-refractivity contribution is 7.14. The summed E-state index contributed by atoms with van der Waals surface area (Å²) >= 11 is 3.64. The minimum atomic E-state index is -1.13. The molecular formula is C78H72N16O14S3. The van der Waals surface area contributed by atoms with Crippen LogP contribution in [0.5, 0.6) is 0 Å². The largest absolute Gasteiger partial charge is 0.478 e. The summed E-state index contributed by atoms with van der Waals surface area (Å²) in [5.41, 5.74) is 15.9. The van der Waals surface area contributed by atoms with Crippen LogP contribution in [0.4, 0.5) is 0 Å². The molecule has 33 heteroatoms. The number of carbonyl (C=O) groups excluding carboxylic acids is 1. The fraction of sp³-hybridized carbons (Fsp3) is 0.167. The Morgan fingerprint density at radius 3 is 1.69 bits per heavy atom. The van der Waals surface area contributed by atoms with E-state index in [1.807, 2.05) is 146 Å². The lowest BCUT2D eigenvalue weighted by Gasteiger charge is -2.18. The average molecular weight is 1550 g/mol. The van der Waals surface area contributed by atoms with E-state index < -0.39 is 48.0 Å². The van der Waals surface area contributed by atoms with Crippen molar-refractivity contribution >= 4 is 86.8 Å². The molecule has 30 nitrogen and oxygen atoms in total. The zero-order valence-corrected chi connectivity index (χ0v) is 62.1. The topological polar surface area (TPSA) is 459 Å². The number of carbonyl (C=O) groups is 7. The van der Waals surface area contributed by atoms with Gasteiger partial charge in [0.15, 0.2) is 39.4 Å². The number of thiazole rings is 2. The van der Waals surface area contributed by atoms with E-state index >= 15 is 0 Å². The molecule has 1 amide bonds. The molecule has 16 rings (SSSR count). The number of aliphatic hydroxyl groups excluding tert-OH is 1. The van der Waals surface area contributed by atoms with Crippen LogP contribution in [0.1, 0.15) is 126 Å². The number of carboxylic acid groups (broad SMARTS) is 6. The van der Waals surface area contributed by atoms with Gasteiger partial charge in [0.05, 0.1) is 43.7 Å². The van der Waals surface area contributed by atoms with E-state index in [0.29, 0.717) is 68.7 Å². The maximum absolute atomic E-state index is 11.6. The lowest BCUT2D eigenvalue weighted by Crippen LogP contribution is -2.48. The van der Waals surface area contributed by atoms with Gasteiger partial charge in [0.1, 0.15) is 22.2 Å². The van der Waals surface area contributed by atoms with Gasteiger partial charge < -0.3 is 46.8 Å². The van der Waals surface area contributed by atoms with E-state index in [9.17, 15) is 43.8 Å². The zero-order valence-electron chi connectivity index (χ0n) is 59.7. The fourth-order valence-electron chi connectivity index (χ4n) is 10.5. The number of amides is 1. The molecule has 566 valence electrons. The summed E-state index contributed by atoms with van der Waals surface area (Å²) in [6.07, 6.45) is 8.65. The molecule has 14 aromatic rings. The number of aromatic nitrogens is 14. The number of hydrogen-bond donors (Lipinski definition) is 10. The highest BCUT2D eigenvalue weighted by atomic mass is 32.1. The number of aromatic amines is 1. The van der Waals surface area contributed by atoms with Crippen LogP contribution in [0.2, 0.25) is 0 Å². The number of rotatable bonds is 18. The Hall–Kier alpha value is -13.5. The Balaban J connectivity index is 0.000000138. The Labute approximate surface area is 644 Å².